The van der Waals surface area contributed by atoms with Crippen molar-refractivity contribution in [3.63, 3.8) is 0 Å². The maximum absolute atomic E-state index is 11.0. The van der Waals surface area contributed by atoms with Crippen molar-refractivity contribution in [3.05, 3.63) is 101 Å². The minimum atomic E-state index is -0.953. The zero-order chi connectivity index (χ0) is 19.3. The summed E-state index contributed by atoms with van der Waals surface area (Å²) < 4.78 is 11.9. The van der Waals surface area contributed by atoms with E-state index in [9.17, 15) is 4.79 Å². The van der Waals surface area contributed by atoms with Crippen LogP contribution in [0.25, 0.3) is 0 Å². The summed E-state index contributed by atoms with van der Waals surface area (Å²) in [6.07, 6.45) is -0.186. The van der Waals surface area contributed by atoms with Crippen LogP contribution in [0.5, 0.6) is 5.75 Å². The number of rotatable bonds is 6. The molecule has 140 valence electrons. The summed E-state index contributed by atoms with van der Waals surface area (Å²) in [4.78, 5) is 15.4. The van der Waals surface area contributed by atoms with E-state index in [1.807, 2.05) is 54.6 Å². The van der Waals surface area contributed by atoms with Gasteiger partial charge in [-0.2, -0.15) is 0 Å². The van der Waals surface area contributed by atoms with Crippen molar-refractivity contribution in [2.24, 2.45) is 4.99 Å². The van der Waals surface area contributed by atoms with Crippen molar-refractivity contribution in [1.82, 2.24) is 0 Å². The van der Waals surface area contributed by atoms with Gasteiger partial charge in [-0.25, -0.2) is 9.79 Å². The Morgan fingerprint density at radius 3 is 2.57 bits per heavy atom. The quantitative estimate of drug-likeness (QED) is 0.692. The molecule has 0 radical (unpaired) electrons. The Morgan fingerprint density at radius 1 is 1.04 bits per heavy atom. The summed E-state index contributed by atoms with van der Waals surface area (Å²) in [5.41, 5.74) is 3.11. The number of aromatic carboxylic acids is 1. The average molecular weight is 373 g/mol. The third-order valence-electron chi connectivity index (χ3n) is 4.51. The van der Waals surface area contributed by atoms with Gasteiger partial charge >= 0.3 is 5.97 Å². The van der Waals surface area contributed by atoms with Gasteiger partial charge in [0.05, 0.1) is 12.1 Å². The lowest BCUT2D eigenvalue weighted by molar-refractivity contribution is 0.0697. The molecule has 1 N–H and O–H groups in total. The molecule has 3 aromatic carbocycles. The summed E-state index contributed by atoms with van der Waals surface area (Å²) in [7, 11) is 0. The van der Waals surface area contributed by atoms with Crippen molar-refractivity contribution in [1.29, 1.82) is 0 Å². The molecule has 0 aromatic heterocycles. The monoisotopic (exact) mass is 373 g/mol. The predicted octanol–water partition coefficient (Wildman–Crippen LogP) is 4.48. The van der Waals surface area contributed by atoms with Gasteiger partial charge in [0.2, 0.25) is 5.90 Å². The molecule has 5 heteroatoms. The Bertz CT molecular complexity index is 997. The third kappa shape index (κ3) is 4.04. The van der Waals surface area contributed by atoms with Crippen LogP contribution >= 0.6 is 0 Å². The molecule has 1 aliphatic rings. The van der Waals surface area contributed by atoms with E-state index in [1.165, 1.54) is 0 Å². The Labute approximate surface area is 162 Å². The molecule has 0 bridgehead atoms. The van der Waals surface area contributed by atoms with E-state index in [0.29, 0.717) is 19.0 Å². The standard InChI is InChI=1S/C23H19NO4/c25-23(26)18-11-9-17(10-12-18)22-24-14-21(28-22)19-7-4-8-20(13-19)27-15-16-5-2-1-3-6-16/h1-13,21H,14-15H2,(H,25,26). The first-order valence-electron chi connectivity index (χ1n) is 9.00. The predicted molar refractivity (Wildman–Crippen MR) is 106 cm³/mol. The number of carbonyl (C=O) groups is 1. The summed E-state index contributed by atoms with van der Waals surface area (Å²) in [6, 6.07) is 24.4. The zero-order valence-electron chi connectivity index (χ0n) is 15.1. The van der Waals surface area contributed by atoms with Crippen molar-refractivity contribution < 1.29 is 19.4 Å². The fourth-order valence-corrected chi connectivity index (χ4v) is 3.01. The molecule has 1 heterocycles. The Morgan fingerprint density at radius 2 is 1.82 bits per heavy atom. The average Bonchev–Trinajstić information content (AvgIpc) is 3.24. The number of hydrogen-bond donors (Lipinski definition) is 1. The molecule has 0 spiro atoms. The number of aliphatic imine (C=N–C) groups is 1. The van der Waals surface area contributed by atoms with Gasteiger partial charge in [-0.1, -0.05) is 42.5 Å². The van der Waals surface area contributed by atoms with Crippen LogP contribution in [0.1, 0.15) is 33.2 Å². The van der Waals surface area contributed by atoms with Crippen molar-refractivity contribution in [2.75, 3.05) is 6.54 Å². The molecule has 1 unspecified atom stereocenters. The molecule has 0 amide bonds. The molecule has 0 saturated heterocycles. The Kier molecular flexibility index (Phi) is 5.06. The molecule has 1 atom stereocenters. The second kappa shape index (κ2) is 7.96. The van der Waals surface area contributed by atoms with E-state index in [4.69, 9.17) is 14.6 Å². The van der Waals surface area contributed by atoms with Gasteiger partial charge in [0, 0.05) is 5.56 Å². The van der Waals surface area contributed by atoms with E-state index in [2.05, 4.69) is 4.99 Å². The highest BCUT2D eigenvalue weighted by atomic mass is 16.5. The maximum atomic E-state index is 11.0. The first-order valence-corrected chi connectivity index (χ1v) is 9.00. The molecule has 28 heavy (non-hydrogen) atoms. The van der Waals surface area contributed by atoms with E-state index in [-0.39, 0.29) is 11.7 Å². The number of benzene rings is 3. The van der Waals surface area contributed by atoms with E-state index in [0.717, 1.165) is 22.4 Å². The highest BCUT2D eigenvalue weighted by molar-refractivity contribution is 5.96. The fraction of sp³-hybridized carbons (Fsp3) is 0.130. The minimum absolute atomic E-state index is 0.186. The number of carboxylic acid groups (broad SMARTS) is 1. The SMILES string of the molecule is O=C(O)c1ccc(C2=NCC(c3cccc(OCc4ccccc4)c3)O2)cc1. The van der Waals surface area contributed by atoms with E-state index in [1.54, 1.807) is 24.3 Å². The normalized spacial score (nSPS) is 15.6. The highest BCUT2D eigenvalue weighted by Crippen LogP contribution is 2.28. The molecule has 1 aliphatic heterocycles. The molecular formula is C23H19NO4. The maximum Gasteiger partial charge on any atom is 0.335 e. The smallest absolute Gasteiger partial charge is 0.335 e. The first kappa shape index (κ1) is 17.8. The second-order valence-electron chi connectivity index (χ2n) is 6.48. The lowest BCUT2D eigenvalue weighted by Crippen LogP contribution is -2.07. The molecule has 0 saturated carbocycles. The van der Waals surface area contributed by atoms with Gasteiger partial charge in [-0.3, -0.25) is 0 Å². The van der Waals surface area contributed by atoms with Crippen LogP contribution in [-0.2, 0) is 11.3 Å². The summed E-state index contributed by atoms with van der Waals surface area (Å²) in [6.45, 7) is 1.02. The van der Waals surface area contributed by atoms with Gasteiger partial charge in [-0.05, 0) is 47.5 Å². The number of carboxylic acids is 1. The van der Waals surface area contributed by atoms with Crippen LogP contribution in [-0.4, -0.2) is 23.5 Å². The van der Waals surface area contributed by atoms with Crippen LogP contribution in [0.3, 0.4) is 0 Å². The lowest BCUT2D eigenvalue weighted by atomic mass is 10.1. The Balaban J connectivity index is 1.41. The lowest BCUT2D eigenvalue weighted by Gasteiger charge is -2.14. The number of hydrogen-bond acceptors (Lipinski definition) is 4. The van der Waals surface area contributed by atoms with Crippen LogP contribution in [0, 0.1) is 0 Å². The minimum Gasteiger partial charge on any atom is -0.489 e. The third-order valence-corrected chi connectivity index (χ3v) is 4.51. The molecule has 3 aromatic rings. The van der Waals surface area contributed by atoms with Crippen LogP contribution in [0.4, 0.5) is 0 Å². The van der Waals surface area contributed by atoms with E-state index >= 15 is 0 Å². The first-order chi connectivity index (χ1) is 13.7. The van der Waals surface area contributed by atoms with Gasteiger partial charge in [0.15, 0.2) is 0 Å². The number of ether oxygens (including phenoxy) is 2. The van der Waals surface area contributed by atoms with Gasteiger partial charge in [-0.15, -0.1) is 0 Å². The van der Waals surface area contributed by atoms with Crippen LogP contribution in [0.2, 0.25) is 0 Å². The molecule has 0 aliphatic carbocycles. The summed E-state index contributed by atoms with van der Waals surface area (Å²) in [5.74, 6) is 0.354. The fourth-order valence-electron chi connectivity index (χ4n) is 3.01. The van der Waals surface area contributed by atoms with Crippen molar-refractivity contribution in [2.45, 2.75) is 12.7 Å². The van der Waals surface area contributed by atoms with Gasteiger partial charge < -0.3 is 14.6 Å². The molecular weight excluding hydrogens is 354 g/mol. The second-order valence-corrected chi connectivity index (χ2v) is 6.48. The Hall–Kier alpha value is -3.60. The van der Waals surface area contributed by atoms with Crippen LogP contribution in [0.15, 0.2) is 83.9 Å². The van der Waals surface area contributed by atoms with Crippen molar-refractivity contribution >= 4 is 11.9 Å². The largest absolute Gasteiger partial charge is 0.489 e. The topological polar surface area (TPSA) is 68.1 Å². The molecule has 0 fully saturated rings. The van der Waals surface area contributed by atoms with E-state index < -0.39 is 5.97 Å². The van der Waals surface area contributed by atoms with Gasteiger partial charge in [0.25, 0.3) is 0 Å². The van der Waals surface area contributed by atoms with Gasteiger partial charge in [0.1, 0.15) is 18.5 Å². The van der Waals surface area contributed by atoms with Crippen LogP contribution < -0.4 is 4.74 Å². The van der Waals surface area contributed by atoms with Crippen molar-refractivity contribution in [3.8, 4) is 5.75 Å². The zero-order valence-corrected chi connectivity index (χ0v) is 15.1. The highest BCUT2D eigenvalue weighted by Gasteiger charge is 2.23. The summed E-state index contributed by atoms with van der Waals surface area (Å²) in [5, 5.41) is 9.00. The summed E-state index contributed by atoms with van der Waals surface area (Å²) >= 11 is 0. The molecule has 5 nitrogen and oxygen atoms in total. The molecule has 4 rings (SSSR count). The number of nitrogens with zero attached hydrogens (tertiary/aromatic N) is 1.